The lowest BCUT2D eigenvalue weighted by Gasteiger charge is -2.27. The average molecular weight is 395 g/mol. The SMILES string of the molecule is CC(=O)c1ccc(N=P(c2ccccc2)(c2ccccc2)c2ccccc2)cc1. The number of Topliss-reactive ketones (excluding diaryl/α,β-unsaturated/α-hetero) is 1. The number of carbonyl (C=O) groups excluding carboxylic acids is 1. The molecule has 0 atom stereocenters. The molecule has 0 fully saturated rings. The van der Waals surface area contributed by atoms with Crippen LogP contribution < -0.4 is 15.9 Å². The van der Waals surface area contributed by atoms with Crippen LogP contribution in [0.1, 0.15) is 17.3 Å². The van der Waals surface area contributed by atoms with Crippen molar-refractivity contribution >= 4 is 34.4 Å². The number of ketones is 1. The molecule has 0 saturated carbocycles. The maximum Gasteiger partial charge on any atom is 0.159 e. The van der Waals surface area contributed by atoms with Crippen molar-refractivity contribution in [3.8, 4) is 0 Å². The van der Waals surface area contributed by atoms with Gasteiger partial charge in [-0.3, -0.25) is 9.54 Å². The summed E-state index contributed by atoms with van der Waals surface area (Å²) in [6.45, 7) is 1.58. The first-order valence-corrected chi connectivity index (χ1v) is 11.3. The monoisotopic (exact) mass is 395 g/mol. The molecule has 4 aromatic carbocycles. The van der Waals surface area contributed by atoms with Crippen molar-refractivity contribution in [2.45, 2.75) is 6.92 Å². The molecule has 0 amide bonds. The van der Waals surface area contributed by atoms with E-state index in [1.54, 1.807) is 6.92 Å². The standard InChI is InChI=1S/C26H22NOP/c1-21(28)22-17-19-23(20-18-22)27-29(24-11-5-2-6-12-24,25-13-7-3-8-14-25)26-15-9-4-10-16-26/h2-20H,1H3. The molecule has 0 bridgehead atoms. The summed E-state index contributed by atoms with van der Waals surface area (Å²) in [4.78, 5) is 11.7. The predicted octanol–water partition coefficient (Wildman–Crippen LogP) is 5.70. The quantitative estimate of drug-likeness (QED) is 0.315. The number of hydrogen-bond donors (Lipinski definition) is 0. The summed E-state index contributed by atoms with van der Waals surface area (Å²) in [6.07, 6.45) is 0. The normalized spacial score (nSPS) is 11.1. The second-order valence-corrected chi connectivity index (χ2v) is 9.87. The Balaban J connectivity index is 2.06. The summed E-state index contributed by atoms with van der Waals surface area (Å²) in [6, 6.07) is 39.2. The van der Waals surface area contributed by atoms with Gasteiger partial charge in [0.25, 0.3) is 0 Å². The highest BCUT2D eigenvalue weighted by Crippen LogP contribution is 2.49. The molecule has 0 N–H and O–H groups in total. The summed E-state index contributed by atoms with van der Waals surface area (Å²) in [5.74, 6) is 0.0618. The topological polar surface area (TPSA) is 29.4 Å². The van der Waals surface area contributed by atoms with Gasteiger partial charge in [0, 0.05) is 21.5 Å². The minimum atomic E-state index is -2.27. The van der Waals surface area contributed by atoms with Crippen LogP contribution in [0.25, 0.3) is 0 Å². The van der Waals surface area contributed by atoms with Crippen LogP contribution in [-0.4, -0.2) is 5.78 Å². The fourth-order valence-corrected chi connectivity index (χ4v) is 7.02. The number of nitrogens with zero attached hydrogens (tertiary/aromatic N) is 1. The van der Waals surface area contributed by atoms with Crippen LogP contribution in [0.4, 0.5) is 5.69 Å². The Labute approximate surface area is 171 Å². The lowest BCUT2D eigenvalue weighted by atomic mass is 10.1. The molecule has 0 spiro atoms. The van der Waals surface area contributed by atoms with E-state index in [0.29, 0.717) is 5.56 Å². The van der Waals surface area contributed by atoms with Gasteiger partial charge in [0.2, 0.25) is 0 Å². The van der Waals surface area contributed by atoms with E-state index in [9.17, 15) is 4.79 Å². The zero-order chi connectivity index (χ0) is 20.1. The second kappa shape index (κ2) is 8.43. The van der Waals surface area contributed by atoms with Gasteiger partial charge >= 0.3 is 0 Å². The number of hydrogen-bond acceptors (Lipinski definition) is 2. The van der Waals surface area contributed by atoms with E-state index in [1.165, 1.54) is 15.9 Å². The van der Waals surface area contributed by atoms with Gasteiger partial charge in [0.15, 0.2) is 5.78 Å². The molecule has 0 radical (unpaired) electrons. The molecule has 3 heteroatoms. The minimum Gasteiger partial charge on any atom is -0.295 e. The van der Waals surface area contributed by atoms with Crippen LogP contribution in [0, 0.1) is 0 Å². The molecule has 4 rings (SSSR count). The Morgan fingerprint density at radius 2 is 0.966 bits per heavy atom. The molecule has 0 aliphatic heterocycles. The van der Waals surface area contributed by atoms with Crippen molar-refractivity contribution in [1.82, 2.24) is 0 Å². The zero-order valence-corrected chi connectivity index (χ0v) is 17.2. The molecule has 0 aliphatic rings. The van der Waals surface area contributed by atoms with Gasteiger partial charge in [-0.25, -0.2) is 0 Å². The molecule has 0 heterocycles. The van der Waals surface area contributed by atoms with E-state index >= 15 is 0 Å². The summed E-state index contributed by atoms with van der Waals surface area (Å²) in [5.41, 5.74) is 1.58. The Hall–Kier alpha value is -3.22. The van der Waals surface area contributed by atoms with Gasteiger partial charge < -0.3 is 0 Å². The van der Waals surface area contributed by atoms with Gasteiger partial charge in [-0.15, -0.1) is 0 Å². The van der Waals surface area contributed by atoms with Crippen LogP contribution in [-0.2, 0) is 0 Å². The van der Waals surface area contributed by atoms with Crippen LogP contribution in [0.2, 0.25) is 0 Å². The predicted molar refractivity (Wildman–Crippen MR) is 124 cm³/mol. The van der Waals surface area contributed by atoms with Crippen LogP contribution in [0.15, 0.2) is 120 Å². The number of benzene rings is 4. The van der Waals surface area contributed by atoms with E-state index in [4.69, 9.17) is 4.74 Å². The number of rotatable bonds is 5. The molecule has 0 aliphatic carbocycles. The fraction of sp³-hybridized carbons (Fsp3) is 0.0385. The van der Waals surface area contributed by atoms with E-state index in [0.717, 1.165) is 5.69 Å². The van der Waals surface area contributed by atoms with Crippen molar-refractivity contribution < 1.29 is 4.79 Å². The summed E-state index contributed by atoms with van der Waals surface area (Å²) >= 11 is 0. The highest BCUT2D eigenvalue weighted by Gasteiger charge is 2.27. The molecule has 0 saturated heterocycles. The highest BCUT2D eigenvalue weighted by molar-refractivity contribution is 7.87. The first kappa shape index (κ1) is 19.1. The lowest BCUT2D eigenvalue weighted by Crippen LogP contribution is -2.25. The maximum atomic E-state index is 11.7. The maximum absolute atomic E-state index is 11.7. The van der Waals surface area contributed by atoms with Gasteiger partial charge in [0.05, 0.1) is 12.7 Å². The van der Waals surface area contributed by atoms with Crippen molar-refractivity contribution in [2.24, 2.45) is 4.74 Å². The zero-order valence-electron chi connectivity index (χ0n) is 16.3. The molecule has 2 nitrogen and oxygen atoms in total. The smallest absolute Gasteiger partial charge is 0.159 e. The average Bonchev–Trinajstić information content (AvgIpc) is 2.79. The summed E-state index contributed by atoms with van der Waals surface area (Å²) in [5, 5.41) is 3.61. The third-order valence-corrected chi connectivity index (χ3v) is 8.60. The number of carbonyl (C=O) groups is 1. The molecule has 29 heavy (non-hydrogen) atoms. The summed E-state index contributed by atoms with van der Waals surface area (Å²) in [7, 11) is -2.27. The summed E-state index contributed by atoms with van der Waals surface area (Å²) < 4.78 is 5.40. The van der Waals surface area contributed by atoms with Crippen molar-refractivity contribution in [2.75, 3.05) is 0 Å². The second-order valence-electron chi connectivity index (χ2n) is 6.85. The third-order valence-electron chi connectivity index (χ3n) is 4.93. The molecular formula is C26H22NOP. The minimum absolute atomic E-state index is 0.0618. The Morgan fingerprint density at radius 1 is 0.586 bits per heavy atom. The van der Waals surface area contributed by atoms with Crippen molar-refractivity contribution in [1.29, 1.82) is 0 Å². The van der Waals surface area contributed by atoms with Crippen LogP contribution in [0.5, 0.6) is 0 Å². The molecule has 0 aromatic heterocycles. The van der Waals surface area contributed by atoms with E-state index in [1.807, 2.05) is 42.5 Å². The first-order chi connectivity index (χ1) is 14.2. The van der Waals surface area contributed by atoms with Gasteiger partial charge in [-0.05, 0) is 31.2 Å². The lowest BCUT2D eigenvalue weighted by molar-refractivity contribution is 0.101. The largest absolute Gasteiger partial charge is 0.295 e. The molecule has 4 aromatic rings. The van der Waals surface area contributed by atoms with E-state index in [2.05, 4.69) is 72.8 Å². The van der Waals surface area contributed by atoms with E-state index < -0.39 is 7.05 Å². The molecular weight excluding hydrogens is 373 g/mol. The molecule has 0 unspecified atom stereocenters. The van der Waals surface area contributed by atoms with Crippen molar-refractivity contribution in [3.63, 3.8) is 0 Å². The van der Waals surface area contributed by atoms with Gasteiger partial charge in [0.1, 0.15) is 0 Å². The van der Waals surface area contributed by atoms with Gasteiger partial charge in [-0.2, -0.15) is 0 Å². The van der Waals surface area contributed by atoms with Crippen LogP contribution in [0.3, 0.4) is 0 Å². The van der Waals surface area contributed by atoms with Crippen molar-refractivity contribution in [3.05, 3.63) is 121 Å². The molecule has 142 valence electrons. The first-order valence-electron chi connectivity index (χ1n) is 9.60. The third kappa shape index (κ3) is 3.85. The van der Waals surface area contributed by atoms with E-state index in [-0.39, 0.29) is 5.78 Å². The highest BCUT2D eigenvalue weighted by atomic mass is 31.2. The van der Waals surface area contributed by atoms with Gasteiger partial charge in [-0.1, -0.05) is 91.0 Å². The fourth-order valence-electron chi connectivity index (χ4n) is 3.49. The Bertz CT molecular complexity index is 1050. The Kier molecular flexibility index (Phi) is 5.55. The Morgan fingerprint density at radius 3 is 1.31 bits per heavy atom. The van der Waals surface area contributed by atoms with Crippen LogP contribution >= 0.6 is 7.05 Å².